The normalized spacial score (nSPS) is 10.9. The van der Waals surface area contributed by atoms with Crippen LogP contribution in [0.4, 0.5) is 0 Å². The summed E-state index contributed by atoms with van der Waals surface area (Å²) in [6.07, 6.45) is 1.61. The first-order chi connectivity index (χ1) is 7.79. The van der Waals surface area contributed by atoms with Crippen molar-refractivity contribution < 1.29 is 0 Å². The molecule has 1 N–H and O–H groups in total. The molecule has 0 aliphatic heterocycles. The van der Waals surface area contributed by atoms with E-state index < -0.39 is 0 Å². The van der Waals surface area contributed by atoms with E-state index in [-0.39, 0.29) is 0 Å². The van der Waals surface area contributed by atoms with Gasteiger partial charge in [-0.3, -0.25) is 0 Å². The molecule has 86 valence electrons. The average Bonchev–Trinajstić information content (AvgIpc) is 2.87. The van der Waals surface area contributed by atoms with E-state index in [0.29, 0.717) is 0 Å². The molecule has 0 aromatic carbocycles. The lowest BCUT2D eigenvalue weighted by Crippen LogP contribution is -2.16. The fourth-order valence-corrected chi connectivity index (χ4v) is 2.43. The Morgan fingerprint density at radius 3 is 2.94 bits per heavy atom. The third kappa shape index (κ3) is 2.68. The van der Waals surface area contributed by atoms with Gasteiger partial charge in [0.05, 0.1) is 6.54 Å². The number of hydrogen-bond acceptors (Lipinski definition) is 4. The van der Waals surface area contributed by atoms with Gasteiger partial charge in [-0.15, -0.1) is 11.3 Å². The topological polar surface area (TPSA) is 42.7 Å². The van der Waals surface area contributed by atoms with Crippen molar-refractivity contribution in [2.75, 3.05) is 0 Å². The number of nitrogens with zero attached hydrogens (tertiary/aromatic N) is 3. The predicted octanol–water partition coefficient (Wildman–Crippen LogP) is 1.96. The van der Waals surface area contributed by atoms with E-state index in [1.165, 1.54) is 9.75 Å². The quantitative estimate of drug-likeness (QED) is 0.863. The van der Waals surface area contributed by atoms with Gasteiger partial charge in [-0.1, -0.05) is 0 Å². The van der Waals surface area contributed by atoms with E-state index in [1.54, 1.807) is 6.33 Å². The lowest BCUT2D eigenvalue weighted by molar-refractivity contribution is 0.574. The number of nitrogens with one attached hydrogen (secondary N) is 1. The van der Waals surface area contributed by atoms with Crippen LogP contribution < -0.4 is 5.32 Å². The van der Waals surface area contributed by atoms with E-state index in [0.717, 1.165) is 25.5 Å². The first-order valence-corrected chi connectivity index (χ1v) is 6.24. The number of aryl methyl sites for hydroxylation is 2. The van der Waals surface area contributed by atoms with Crippen molar-refractivity contribution in [3.8, 4) is 0 Å². The highest BCUT2D eigenvalue weighted by Crippen LogP contribution is 2.14. The van der Waals surface area contributed by atoms with E-state index in [4.69, 9.17) is 0 Å². The van der Waals surface area contributed by atoms with Crippen LogP contribution in [0.2, 0.25) is 0 Å². The van der Waals surface area contributed by atoms with Crippen LogP contribution in [0.25, 0.3) is 0 Å². The summed E-state index contributed by atoms with van der Waals surface area (Å²) in [5.41, 5.74) is 0. The summed E-state index contributed by atoms with van der Waals surface area (Å²) in [5, 5.41) is 7.51. The van der Waals surface area contributed by atoms with Crippen molar-refractivity contribution in [3.63, 3.8) is 0 Å². The maximum absolute atomic E-state index is 4.22. The van der Waals surface area contributed by atoms with Crippen LogP contribution in [0.5, 0.6) is 0 Å². The van der Waals surface area contributed by atoms with E-state index >= 15 is 0 Å². The zero-order valence-corrected chi connectivity index (χ0v) is 10.4. The predicted molar refractivity (Wildman–Crippen MR) is 65.3 cm³/mol. The Morgan fingerprint density at radius 2 is 2.25 bits per heavy atom. The van der Waals surface area contributed by atoms with Crippen LogP contribution in [0.3, 0.4) is 0 Å². The minimum Gasteiger partial charge on any atom is -0.305 e. The van der Waals surface area contributed by atoms with Gasteiger partial charge >= 0.3 is 0 Å². The molecular weight excluding hydrogens is 220 g/mol. The standard InChI is InChI=1S/C11H16N4S/c1-3-15-11(13-8-14-15)7-12-6-10-5-4-9(2)16-10/h4-5,8,12H,3,6-7H2,1-2H3. The Kier molecular flexibility index (Phi) is 3.69. The number of aromatic nitrogens is 3. The van der Waals surface area contributed by atoms with Gasteiger partial charge < -0.3 is 5.32 Å². The van der Waals surface area contributed by atoms with Gasteiger partial charge in [0.25, 0.3) is 0 Å². The molecule has 2 rings (SSSR count). The molecule has 2 aromatic rings. The van der Waals surface area contributed by atoms with Gasteiger partial charge in [-0.2, -0.15) is 5.10 Å². The van der Waals surface area contributed by atoms with Crippen molar-refractivity contribution in [3.05, 3.63) is 34.0 Å². The van der Waals surface area contributed by atoms with Crippen LogP contribution in [0.1, 0.15) is 22.5 Å². The fraction of sp³-hybridized carbons (Fsp3) is 0.455. The minimum atomic E-state index is 0.769. The van der Waals surface area contributed by atoms with Crippen LogP contribution in [0.15, 0.2) is 18.5 Å². The SMILES string of the molecule is CCn1ncnc1CNCc1ccc(C)s1. The first-order valence-electron chi connectivity index (χ1n) is 5.42. The third-order valence-corrected chi connectivity index (χ3v) is 3.37. The lowest BCUT2D eigenvalue weighted by Gasteiger charge is -2.03. The van der Waals surface area contributed by atoms with Crippen LogP contribution in [-0.4, -0.2) is 14.8 Å². The molecule has 16 heavy (non-hydrogen) atoms. The second-order valence-corrected chi connectivity index (χ2v) is 4.98. The molecular formula is C11H16N4S. The number of thiophene rings is 1. The molecule has 0 saturated carbocycles. The molecule has 2 aromatic heterocycles. The largest absolute Gasteiger partial charge is 0.305 e. The smallest absolute Gasteiger partial charge is 0.140 e. The van der Waals surface area contributed by atoms with Crippen molar-refractivity contribution in [1.82, 2.24) is 20.1 Å². The zero-order valence-electron chi connectivity index (χ0n) is 9.60. The molecule has 0 atom stereocenters. The molecule has 0 bridgehead atoms. The Bertz CT molecular complexity index is 446. The molecule has 2 heterocycles. The molecule has 0 aliphatic carbocycles. The number of rotatable bonds is 5. The molecule has 4 nitrogen and oxygen atoms in total. The summed E-state index contributed by atoms with van der Waals surface area (Å²) >= 11 is 1.83. The maximum Gasteiger partial charge on any atom is 0.140 e. The molecule has 0 fully saturated rings. The number of hydrogen-bond donors (Lipinski definition) is 1. The Labute approximate surface area is 99.3 Å². The third-order valence-electron chi connectivity index (χ3n) is 2.37. The summed E-state index contributed by atoms with van der Waals surface area (Å²) < 4.78 is 1.91. The van der Waals surface area contributed by atoms with Gasteiger partial charge in [0, 0.05) is 22.8 Å². The van der Waals surface area contributed by atoms with Gasteiger partial charge in [-0.25, -0.2) is 9.67 Å². The highest BCUT2D eigenvalue weighted by atomic mass is 32.1. The van der Waals surface area contributed by atoms with Gasteiger partial charge in [-0.05, 0) is 26.0 Å². The summed E-state index contributed by atoms with van der Waals surface area (Å²) in [6.45, 7) is 6.73. The highest BCUT2D eigenvalue weighted by molar-refractivity contribution is 7.11. The summed E-state index contributed by atoms with van der Waals surface area (Å²) in [5.74, 6) is 0.996. The van der Waals surface area contributed by atoms with Gasteiger partial charge in [0.1, 0.15) is 12.2 Å². The molecule has 0 amide bonds. The van der Waals surface area contributed by atoms with Crippen molar-refractivity contribution in [2.45, 2.75) is 33.5 Å². The zero-order chi connectivity index (χ0) is 11.4. The summed E-state index contributed by atoms with van der Waals surface area (Å²) in [7, 11) is 0. The highest BCUT2D eigenvalue weighted by Gasteiger charge is 2.02. The second kappa shape index (κ2) is 5.23. The fourth-order valence-electron chi connectivity index (χ4n) is 1.57. The van der Waals surface area contributed by atoms with Gasteiger partial charge in [0.2, 0.25) is 0 Å². The van der Waals surface area contributed by atoms with E-state index in [9.17, 15) is 0 Å². The molecule has 0 radical (unpaired) electrons. The average molecular weight is 236 g/mol. The Morgan fingerprint density at radius 1 is 1.38 bits per heavy atom. The molecule has 5 heteroatoms. The van der Waals surface area contributed by atoms with E-state index in [2.05, 4.69) is 41.4 Å². The molecule has 0 aliphatic rings. The van der Waals surface area contributed by atoms with Crippen LogP contribution >= 0.6 is 11.3 Å². The van der Waals surface area contributed by atoms with Crippen LogP contribution in [0, 0.1) is 6.92 Å². The monoisotopic (exact) mass is 236 g/mol. The maximum atomic E-state index is 4.22. The molecule has 0 spiro atoms. The van der Waals surface area contributed by atoms with Crippen molar-refractivity contribution in [2.24, 2.45) is 0 Å². The second-order valence-electron chi connectivity index (χ2n) is 3.61. The summed E-state index contributed by atoms with van der Waals surface area (Å²) in [4.78, 5) is 6.93. The first kappa shape index (κ1) is 11.3. The molecule has 0 unspecified atom stereocenters. The summed E-state index contributed by atoms with van der Waals surface area (Å²) in [6, 6.07) is 4.31. The van der Waals surface area contributed by atoms with E-state index in [1.807, 2.05) is 16.0 Å². The van der Waals surface area contributed by atoms with Crippen molar-refractivity contribution in [1.29, 1.82) is 0 Å². The molecule has 0 saturated heterocycles. The minimum absolute atomic E-state index is 0.769. The van der Waals surface area contributed by atoms with Crippen LogP contribution in [-0.2, 0) is 19.6 Å². The van der Waals surface area contributed by atoms with Crippen molar-refractivity contribution >= 4 is 11.3 Å². The Balaban J connectivity index is 1.84. The Hall–Kier alpha value is -1.20. The van der Waals surface area contributed by atoms with Gasteiger partial charge in [0.15, 0.2) is 0 Å². The lowest BCUT2D eigenvalue weighted by atomic mass is 10.4.